The summed E-state index contributed by atoms with van der Waals surface area (Å²) in [6.45, 7) is 8.11. The largest absolute Gasteiger partial charge is 0.347 e. The van der Waals surface area contributed by atoms with Crippen LogP contribution in [0.15, 0.2) is 0 Å². The van der Waals surface area contributed by atoms with Gasteiger partial charge in [0.05, 0.1) is 0 Å². The molecule has 0 aromatic rings. The van der Waals surface area contributed by atoms with E-state index in [0.29, 0.717) is 13.1 Å². The van der Waals surface area contributed by atoms with E-state index in [4.69, 9.17) is 0 Å². The van der Waals surface area contributed by atoms with Gasteiger partial charge in [0.2, 0.25) is 0 Å². The molecule has 2 heterocycles. The van der Waals surface area contributed by atoms with Crippen molar-refractivity contribution >= 4 is 11.8 Å². The van der Waals surface area contributed by atoms with Crippen LogP contribution < -0.4 is 10.6 Å². The third kappa shape index (κ3) is 4.18. The summed E-state index contributed by atoms with van der Waals surface area (Å²) >= 11 is 0. The zero-order valence-electron chi connectivity index (χ0n) is 12.4. The molecule has 1 atom stereocenters. The van der Waals surface area contributed by atoms with E-state index in [1.807, 2.05) is 6.92 Å². The first-order valence-corrected chi connectivity index (χ1v) is 7.70. The molecule has 6 nitrogen and oxygen atoms in total. The lowest BCUT2D eigenvalue weighted by Gasteiger charge is -2.33. The Labute approximate surface area is 120 Å². The van der Waals surface area contributed by atoms with Crippen LogP contribution >= 0.6 is 0 Å². The van der Waals surface area contributed by atoms with Crippen LogP contribution in [0, 0.1) is 0 Å². The molecule has 0 aromatic carbocycles. The van der Waals surface area contributed by atoms with Gasteiger partial charge in [-0.25, -0.2) is 0 Å². The lowest BCUT2D eigenvalue weighted by Crippen LogP contribution is -2.51. The third-order valence-electron chi connectivity index (χ3n) is 4.18. The smallest absolute Gasteiger partial charge is 0.312 e. The number of nitrogens with zero attached hydrogens (tertiary/aromatic N) is 2. The summed E-state index contributed by atoms with van der Waals surface area (Å²) in [6.07, 6.45) is 3.15. The molecular weight excluding hydrogens is 256 g/mol. The maximum absolute atomic E-state index is 12.1. The van der Waals surface area contributed by atoms with Crippen LogP contribution in [-0.2, 0) is 9.59 Å². The van der Waals surface area contributed by atoms with Crippen molar-refractivity contribution in [2.24, 2.45) is 0 Å². The van der Waals surface area contributed by atoms with Gasteiger partial charge >= 0.3 is 11.8 Å². The maximum atomic E-state index is 12.1. The minimum absolute atomic E-state index is 0.190. The van der Waals surface area contributed by atoms with Crippen molar-refractivity contribution in [3.63, 3.8) is 0 Å². The Morgan fingerprint density at radius 3 is 2.65 bits per heavy atom. The number of piperazine rings is 1. The van der Waals surface area contributed by atoms with E-state index < -0.39 is 5.91 Å². The fourth-order valence-electron chi connectivity index (χ4n) is 2.87. The number of hydrogen-bond acceptors (Lipinski definition) is 4. The number of hydrogen-bond donors (Lipinski definition) is 2. The van der Waals surface area contributed by atoms with Gasteiger partial charge in [-0.1, -0.05) is 0 Å². The molecule has 6 heteroatoms. The monoisotopic (exact) mass is 282 g/mol. The van der Waals surface area contributed by atoms with Crippen LogP contribution in [0.3, 0.4) is 0 Å². The third-order valence-corrected chi connectivity index (χ3v) is 4.18. The molecule has 2 rings (SSSR count). The van der Waals surface area contributed by atoms with Crippen LogP contribution in [0.1, 0.15) is 26.2 Å². The average molecular weight is 282 g/mol. The summed E-state index contributed by atoms with van der Waals surface area (Å²) in [5, 5.41) is 6.05. The number of rotatable bonds is 3. The van der Waals surface area contributed by atoms with Gasteiger partial charge in [-0.3, -0.25) is 14.5 Å². The molecule has 2 fully saturated rings. The predicted molar refractivity (Wildman–Crippen MR) is 77.3 cm³/mol. The summed E-state index contributed by atoms with van der Waals surface area (Å²) in [6, 6.07) is 0.190. The van der Waals surface area contributed by atoms with Crippen LogP contribution in [0.5, 0.6) is 0 Å². The average Bonchev–Trinajstić information content (AvgIpc) is 2.48. The zero-order valence-corrected chi connectivity index (χ0v) is 12.4. The second kappa shape index (κ2) is 7.59. The number of carbonyl (C=O) groups excluding carboxylic acids is 2. The van der Waals surface area contributed by atoms with Crippen LogP contribution in [0.4, 0.5) is 0 Å². The highest BCUT2D eigenvalue weighted by atomic mass is 16.2. The number of piperidine rings is 1. The Morgan fingerprint density at radius 2 is 1.95 bits per heavy atom. The van der Waals surface area contributed by atoms with Gasteiger partial charge < -0.3 is 15.5 Å². The van der Waals surface area contributed by atoms with E-state index in [1.54, 1.807) is 4.90 Å². The molecule has 0 bridgehead atoms. The van der Waals surface area contributed by atoms with Crippen molar-refractivity contribution in [3.8, 4) is 0 Å². The van der Waals surface area contributed by atoms with E-state index in [1.165, 1.54) is 0 Å². The van der Waals surface area contributed by atoms with Gasteiger partial charge in [-0.2, -0.15) is 0 Å². The molecule has 0 spiro atoms. The molecule has 0 saturated carbocycles. The summed E-state index contributed by atoms with van der Waals surface area (Å²) in [5.74, 6) is -0.814. The SMILES string of the molecule is CC1CCCCN1C(=O)C(=O)NCCN1CCNCC1. The highest BCUT2D eigenvalue weighted by molar-refractivity contribution is 6.35. The van der Waals surface area contributed by atoms with Gasteiger partial charge in [0, 0.05) is 51.9 Å². The van der Waals surface area contributed by atoms with Crippen molar-refractivity contribution in [2.75, 3.05) is 45.8 Å². The molecule has 20 heavy (non-hydrogen) atoms. The quantitative estimate of drug-likeness (QED) is 0.679. The number of amides is 2. The van der Waals surface area contributed by atoms with Crippen LogP contribution in [-0.4, -0.2) is 73.5 Å². The summed E-state index contributed by atoms with van der Waals surface area (Å²) < 4.78 is 0. The highest BCUT2D eigenvalue weighted by Gasteiger charge is 2.27. The van der Waals surface area contributed by atoms with Gasteiger partial charge in [0.25, 0.3) is 0 Å². The highest BCUT2D eigenvalue weighted by Crippen LogP contribution is 2.16. The van der Waals surface area contributed by atoms with Crippen molar-refractivity contribution in [1.82, 2.24) is 20.4 Å². The van der Waals surface area contributed by atoms with Gasteiger partial charge in [0.1, 0.15) is 0 Å². The number of carbonyl (C=O) groups is 2. The lowest BCUT2D eigenvalue weighted by atomic mass is 10.0. The Balaban J connectivity index is 1.69. The first-order chi connectivity index (χ1) is 9.68. The Hall–Kier alpha value is -1.14. The Kier molecular flexibility index (Phi) is 5.79. The fourth-order valence-corrected chi connectivity index (χ4v) is 2.87. The summed E-state index contributed by atoms with van der Waals surface area (Å²) in [7, 11) is 0. The molecule has 0 radical (unpaired) electrons. The van der Waals surface area contributed by atoms with Crippen LogP contribution in [0.2, 0.25) is 0 Å². The van der Waals surface area contributed by atoms with E-state index in [-0.39, 0.29) is 11.9 Å². The first kappa shape index (κ1) is 15.3. The Morgan fingerprint density at radius 1 is 1.20 bits per heavy atom. The normalized spacial score (nSPS) is 24.4. The lowest BCUT2D eigenvalue weighted by molar-refractivity contribution is -0.148. The van der Waals surface area contributed by atoms with Crippen molar-refractivity contribution in [3.05, 3.63) is 0 Å². The van der Waals surface area contributed by atoms with E-state index >= 15 is 0 Å². The number of nitrogens with one attached hydrogen (secondary N) is 2. The molecule has 2 amide bonds. The molecule has 2 aliphatic rings. The fraction of sp³-hybridized carbons (Fsp3) is 0.857. The van der Waals surface area contributed by atoms with Crippen molar-refractivity contribution in [2.45, 2.75) is 32.2 Å². The summed E-state index contributed by atoms with van der Waals surface area (Å²) in [5.41, 5.74) is 0. The first-order valence-electron chi connectivity index (χ1n) is 7.70. The molecule has 114 valence electrons. The molecule has 2 N–H and O–H groups in total. The molecule has 2 aliphatic heterocycles. The minimum atomic E-state index is -0.450. The second-order valence-corrected chi connectivity index (χ2v) is 5.69. The van der Waals surface area contributed by atoms with Crippen molar-refractivity contribution in [1.29, 1.82) is 0 Å². The van der Waals surface area contributed by atoms with Crippen LogP contribution in [0.25, 0.3) is 0 Å². The minimum Gasteiger partial charge on any atom is -0.347 e. The van der Waals surface area contributed by atoms with Gasteiger partial charge in [0.15, 0.2) is 0 Å². The molecule has 2 saturated heterocycles. The molecule has 1 unspecified atom stereocenters. The number of likely N-dealkylation sites (tertiary alicyclic amines) is 1. The topological polar surface area (TPSA) is 64.7 Å². The van der Waals surface area contributed by atoms with E-state index in [9.17, 15) is 9.59 Å². The molecule has 0 aromatic heterocycles. The van der Waals surface area contributed by atoms with E-state index in [0.717, 1.165) is 52.0 Å². The molecule has 0 aliphatic carbocycles. The summed E-state index contributed by atoms with van der Waals surface area (Å²) in [4.78, 5) is 28.0. The second-order valence-electron chi connectivity index (χ2n) is 5.69. The predicted octanol–water partition coefficient (Wildman–Crippen LogP) is -0.591. The standard InChI is InChI=1S/C14H26N4O2/c1-12-4-2-3-8-18(12)14(20)13(19)16-7-11-17-9-5-15-6-10-17/h12,15H,2-11H2,1H3,(H,16,19). The maximum Gasteiger partial charge on any atom is 0.312 e. The van der Waals surface area contributed by atoms with Gasteiger partial charge in [-0.05, 0) is 26.2 Å². The van der Waals surface area contributed by atoms with E-state index in [2.05, 4.69) is 15.5 Å². The molecular formula is C14H26N4O2. The zero-order chi connectivity index (χ0) is 14.4. The van der Waals surface area contributed by atoms with Crippen molar-refractivity contribution < 1.29 is 9.59 Å². The Bertz CT molecular complexity index is 342. The van der Waals surface area contributed by atoms with Gasteiger partial charge in [-0.15, -0.1) is 0 Å².